The highest BCUT2D eigenvalue weighted by atomic mass is 35.5. The van der Waals surface area contributed by atoms with Gasteiger partial charge in [-0.05, 0) is 23.8 Å². The molecule has 0 saturated carbocycles. The third-order valence-electron chi connectivity index (χ3n) is 2.57. The summed E-state index contributed by atoms with van der Waals surface area (Å²) in [7, 11) is 0. The molecule has 2 aromatic rings. The van der Waals surface area contributed by atoms with Gasteiger partial charge in [0.25, 0.3) is 11.6 Å². The van der Waals surface area contributed by atoms with Gasteiger partial charge in [-0.3, -0.25) is 14.9 Å². The Balaban J connectivity index is 2.03. The van der Waals surface area contributed by atoms with Gasteiger partial charge in [-0.2, -0.15) is 5.10 Å². The number of nitrogens with one attached hydrogen (secondary N) is 1. The minimum Gasteiger partial charge on any atom is -0.267 e. The molecule has 6 nitrogen and oxygen atoms in total. The number of nitrogens with zero attached hydrogens (tertiary/aromatic N) is 2. The number of nitro benzene ring substituents is 1. The van der Waals surface area contributed by atoms with Crippen molar-refractivity contribution in [2.75, 3.05) is 0 Å². The highest BCUT2D eigenvalue weighted by Crippen LogP contribution is 2.13. The molecule has 0 aliphatic heterocycles. The Morgan fingerprint density at radius 1 is 1.24 bits per heavy atom. The van der Waals surface area contributed by atoms with Gasteiger partial charge in [0.05, 0.1) is 11.1 Å². The number of halogens is 1. The number of rotatable bonds is 4. The molecule has 21 heavy (non-hydrogen) atoms. The van der Waals surface area contributed by atoms with E-state index < -0.39 is 10.8 Å². The van der Waals surface area contributed by atoms with Crippen LogP contribution in [-0.2, 0) is 0 Å². The first-order chi connectivity index (χ1) is 10.1. The van der Waals surface area contributed by atoms with Crippen molar-refractivity contribution in [3.63, 3.8) is 0 Å². The second-order valence-electron chi connectivity index (χ2n) is 4.06. The number of benzene rings is 2. The summed E-state index contributed by atoms with van der Waals surface area (Å²) >= 11 is 5.75. The summed E-state index contributed by atoms with van der Waals surface area (Å²) in [5, 5.41) is 15.0. The number of hydrogen-bond donors (Lipinski definition) is 1. The van der Waals surface area contributed by atoms with Crippen molar-refractivity contribution in [1.82, 2.24) is 5.43 Å². The Hall–Kier alpha value is -2.73. The molecule has 0 spiro atoms. The third-order valence-corrected chi connectivity index (χ3v) is 2.82. The number of carbonyl (C=O) groups is 1. The van der Waals surface area contributed by atoms with Gasteiger partial charge in [0.15, 0.2) is 0 Å². The molecule has 0 fully saturated rings. The number of hydrogen-bond acceptors (Lipinski definition) is 4. The van der Waals surface area contributed by atoms with Gasteiger partial charge in [-0.25, -0.2) is 5.43 Å². The number of non-ortho nitro benzene ring substituents is 1. The normalized spacial score (nSPS) is 10.5. The molecular weight excluding hydrogens is 294 g/mol. The van der Waals surface area contributed by atoms with E-state index in [0.29, 0.717) is 5.02 Å². The molecule has 7 heteroatoms. The van der Waals surface area contributed by atoms with Crippen LogP contribution in [0.3, 0.4) is 0 Å². The first kappa shape index (κ1) is 14.7. The van der Waals surface area contributed by atoms with E-state index in [4.69, 9.17) is 11.6 Å². The van der Waals surface area contributed by atoms with E-state index in [2.05, 4.69) is 10.5 Å². The SMILES string of the molecule is O=C(N/N=C\c1ccc(Cl)cc1)c1cccc([N+](=O)[O-])c1. The fraction of sp³-hybridized carbons (Fsp3) is 0. The first-order valence-electron chi connectivity index (χ1n) is 5.90. The topological polar surface area (TPSA) is 84.6 Å². The van der Waals surface area contributed by atoms with Crippen molar-refractivity contribution in [2.24, 2.45) is 5.10 Å². The lowest BCUT2D eigenvalue weighted by atomic mass is 10.2. The summed E-state index contributed by atoms with van der Waals surface area (Å²) in [6, 6.07) is 12.3. The van der Waals surface area contributed by atoms with Gasteiger partial charge in [0.1, 0.15) is 0 Å². The Bertz CT molecular complexity index is 699. The average molecular weight is 304 g/mol. The predicted octanol–water partition coefficient (Wildman–Crippen LogP) is 3.01. The predicted molar refractivity (Wildman–Crippen MR) is 79.6 cm³/mol. The largest absolute Gasteiger partial charge is 0.271 e. The molecule has 1 N–H and O–H groups in total. The van der Waals surface area contributed by atoms with Crippen LogP contribution in [0.25, 0.3) is 0 Å². The smallest absolute Gasteiger partial charge is 0.267 e. The van der Waals surface area contributed by atoms with Gasteiger partial charge in [0, 0.05) is 22.7 Å². The number of carbonyl (C=O) groups excluding carboxylic acids is 1. The van der Waals surface area contributed by atoms with Crippen molar-refractivity contribution in [2.45, 2.75) is 0 Å². The highest BCUT2D eigenvalue weighted by Gasteiger charge is 2.10. The van der Waals surface area contributed by atoms with Crippen molar-refractivity contribution < 1.29 is 9.72 Å². The van der Waals surface area contributed by atoms with E-state index in [9.17, 15) is 14.9 Å². The van der Waals surface area contributed by atoms with Crippen molar-refractivity contribution in [3.05, 3.63) is 74.8 Å². The second-order valence-corrected chi connectivity index (χ2v) is 4.49. The molecule has 0 aliphatic carbocycles. The van der Waals surface area contributed by atoms with Crippen LogP contribution >= 0.6 is 11.6 Å². The summed E-state index contributed by atoms with van der Waals surface area (Å²) in [5.74, 6) is -0.524. The molecule has 0 atom stereocenters. The fourth-order valence-electron chi connectivity index (χ4n) is 1.54. The number of nitro groups is 1. The van der Waals surface area contributed by atoms with Crippen LogP contribution in [0.15, 0.2) is 53.6 Å². The average Bonchev–Trinajstić information content (AvgIpc) is 2.49. The minimum absolute atomic E-state index is 0.149. The van der Waals surface area contributed by atoms with Gasteiger partial charge in [0.2, 0.25) is 0 Å². The molecule has 2 rings (SSSR count). The van der Waals surface area contributed by atoms with E-state index in [1.807, 2.05) is 0 Å². The van der Waals surface area contributed by atoms with E-state index in [1.54, 1.807) is 24.3 Å². The van der Waals surface area contributed by atoms with E-state index in [1.165, 1.54) is 30.5 Å². The number of hydrazone groups is 1. The molecule has 0 bridgehead atoms. The maximum atomic E-state index is 11.8. The zero-order valence-corrected chi connectivity index (χ0v) is 11.4. The van der Waals surface area contributed by atoms with Crippen molar-refractivity contribution >= 4 is 29.4 Å². The molecular formula is C14H10ClN3O3. The van der Waals surface area contributed by atoms with Crippen LogP contribution in [0.4, 0.5) is 5.69 Å². The van der Waals surface area contributed by atoms with Crippen LogP contribution in [0.5, 0.6) is 0 Å². The van der Waals surface area contributed by atoms with Gasteiger partial charge in [-0.1, -0.05) is 29.8 Å². The summed E-state index contributed by atoms with van der Waals surface area (Å²) in [5.41, 5.74) is 3.08. The van der Waals surface area contributed by atoms with Crippen LogP contribution in [0, 0.1) is 10.1 Å². The Kier molecular flexibility index (Phi) is 4.63. The zero-order chi connectivity index (χ0) is 15.2. The molecule has 2 aromatic carbocycles. The third kappa shape index (κ3) is 4.12. The fourth-order valence-corrected chi connectivity index (χ4v) is 1.67. The Labute approximate surface area is 125 Å². The lowest BCUT2D eigenvalue weighted by Gasteiger charge is -1.99. The van der Waals surface area contributed by atoms with Crippen LogP contribution < -0.4 is 5.43 Å². The first-order valence-corrected chi connectivity index (χ1v) is 6.27. The lowest BCUT2D eigenvalue weighted by molar-refractivity contribution is -0.384. The summed E-state index contributed by atoms with van der Waals surface area (Å²) < 4.78 is 0. The quantitative estimate of drug-likeness (QED) is 0.535. The van der Waals surface area contributed by atoms with E-state index in [0.717, 1.165) is 5.56 Å². The molecule has 0 aliphatic rings. The highest BCUT2D eigenvalue weighted by molar-refractivity contribution is 6.30. The standard InChI is InChI=1S/C14H10ClN3O3/c15-12-6-4-10(5-7-12)9-16-17-14(19)11-2-1-3-13(8-11)18(20)21/h1-9H,(H,17,19)/b16-9-. The molecule has 0 unspecified atom stereocenters. The zero-order valence-electron chi connectivity index (χ0n) is 10.7. The van der Waals surface area contributed by atoms with Crippen molar-refractivity contribution in [1.29, 1.82) is 0 Å². The Morgan fingerprint density at radius 3 is 2.62 bits per heavy atom. The van der Waals surface area contributed by atoms with Crippen molar-refractivity contribution in [3.8, 4) is 0 Å². The lowest BCUT2D eigenvalue weighted by Crippen LogP contribution is -2.17. The molecule has 1 amide bonds. The van der Waals surface area contributed by atoms with Gasteiger partial charge in [-0.15, -0.1) is 0 Å². The van der Waals surface area contributed by atoms with Crippen LogP contribution in [-0.4, -0.2) is 17.0 Å². The molecule has 0 heterocycles. The van der Waals surface area contributed by atoms with Crippen LogP contribution in [0.1, 0.15) is 15.9 Å². The summed E-state index contributed by atoms with van der Waals surface area (Å²) in [4.78, 5) is 21.9. The second kappa shape index (κ2) is 6.62. The van der Waals surface area contributed by atoms with E-state index >= 15 is 0 Å². The van der Waals surface area contributed by atoms with Gasteiger partial charge >= 0.3 is 0 Å². The molecule has 0 saturated heterocycles. The molecule has 0 radical (unpaired) electrons. The maximum absolute atomic E-state index is 11.8. The summed E-state index contributed by atoms with van der Waals surface area (Å²) in [6.45, 7) is 0. The maximum Gasteiger partial charge on any atom is 0.271 e. The molecule has 0 aromatic heterocycles. The van der Waals surface area contributed by atoms with E-state index in [-0.39, 0.29) is 11.3 Å². The monoisotopic (exact) mass is 303 g/mol. The Morgan fingerprint density at radius 2 is 1.95 bits per heavy atom. The number of amides is 1. The summed E-state index contributed by atoms with van der Waals surface area (Å²) in [6.07, 6.45) is 1.45. The van der Waals surface area contributed by atoms with Gasteiger partial charge < -0.3 is 0 Å². The van der Waals surface area contributed by atoms with Crippen LogP contribution in [0.2, 0.25) is 5.02 Å². The molecule has 106 valence electrons. The minimum atomic E-state index is -0.562.